The van der Waals surface area contributed by atoms with Crippen LogP contribution >= 0.6 is 0 Å². The lowest BCUT2D eigenvalue weighted by Gasteiger charge is -2.12. The summed E-state index contributed by atoms with van der Waals surface area (Å²) in [4.78, 5) is 23.1. The number of halogens is 1. The number of nitro groups is 1. The lowest BCUT2D eigenvalue weighted by molar-refractivity contribution is -0.384. The van der Waals surface area contributed by atoms with Crippen LogP contribution in [0.4, 0.5) is 15.8 Å². The smallest absolute Gasteiger partial charge is 0.269 e. The topological polar surface area (TPSA) is 101 Å². The van der Waals surface area contributed by atoms with Gasteiger partial charge in [0.05, 0.1) is 4.92 Å². The fraction of sp³-hybridized carbons (Fsp3) is 0.130. The van der Waals surface area contributed by atoms with E-state index < -0.39 is 16.6 Å². The van der Waals surface area contributed by atoms with E-state index in [1.54, 1.807) is 13.0 Å². The van der Waals surface area contributed by atoms with Gasteiger partial charge in [-0.1, -0.05) is 0 Å². The minimum Gasteiger partial charge on any atom is -0.321 e. The van der Waals surface area contributed by atoms with Crippen LogP contribution in [-0.4, -0.2) is 15.4 Å². The third-order valence-corrected chi connectivity index (χ3v) is 4.87. The van der Waals surface area contributed by atoms with Crippen LogP contribution in [0.15, 0.2) is 54.1 Å². The Balaban J connectivity index is 1.95. The molecule has 3 aromatic rings. The van der Waals surface area contributed by atoms with Crippen molar-refractivity contribution >= 4 is 23.4 Å². The number of benzene rings is 2. The zero-order chi connectivity index (χ0) is 22.7. The molecule has 1 aromatic heterocycles. The summed E-state index contributed by atoms with van der Waals surface area (Å²) >= 11 is 0. The normalized spacial score (nSPS) is 11.1. The predicted molar refractivity (Wildman–Crippen MR) is 115 cm³/mol. The highest BCUT2D eigenvalue weighted by atomic mass is 19.1. The molecular weight excluding hydrogens is 399 g/mol. The van der Waals surface area contributed by atoms with Crippen LogP contribution in [0.1, 0.15) is 22.5 Å². The largest absolute Gasteiger partial charge is 0.321 e. The van der Waals surface area contributed by atoms with Crippen molar-refractivity contribution in [3.63, 3.8) is 0 Å². The number of aryl methyl sites for hydroxylation is 2. The zero-order valence-electron chi connectivity index (χ0n) is 17.1. The van der Waals surface area contributed by atoms with E-state index in [1.807, 2.05) is 30.6 Å². The van der Waals surface area contributed by atoms with Crippen LogP contribution < -0.4 is 5.32 Å². The number of nitrogens with zero attached hydrogens (tertiary/aromatic N) is 3. The third-order valence-electron chi connectivity index (χ3n) is 4.87. The lowest BCUT2D eigenvalue weighted by Crippen LogP contribution is -2.13. The molecule has 1 amide bonds. The first-order valence-electron chi connectivity index (χ1n) is 9.34. The van der Waals surface area contributed by atoms with E-state index in [1.165, 1.54) is 42.5 Å². The van der Waals surface area contributed by atoms with E-state index in [0.29, 0.717) is 11.3 Å². The van der Waals surface area contributed by atoms with Crippen molar-refractivity contribution < 1.29 is 14.1 Å². The summed E-state index contributed by atoms with van der Waals surface area (Å²) in [6, 6.07) is 13.6. The van der Waals surface area contributed by atoms with Crippen molar-refractivity contribution in [3.05, 3.63) is 92.6 Å². The molecule has 0 saturated heterocycles. The SMILES string of the molecule is Cc1cc([N+](=O)[O-])ccc1-n1c(C)cc(C=C(C#N)C(=O)Nc2ccc(F)cc2)c1C. The maximum atomic E-state index is 13.0. The number of nitriles is 1. The van der Waals surface area contributed by atoms with E-state index in [-0.39, 0.29) is 11.3 Å². The van der Waals surface area contributed by atoms with Gasteiger partial charge < -0.3 is 9.88 Å². The molecular formula is C23H19FN4O3. The van der Waals surface area contributed by atoms with Gasteiger partial charge >= 0.3 is 0 Å². The van der Waals surface area contributed by atoms with Gasteiger partial charge in [-0.25, -0.2) is 4.39 Å². The molecule has 0 spiro atoms. The molecule has 156 valence electrons. The highest BCUT2D eigenvalue weighted by Gasteiger charge is 2.16. The van der Waals surface area contributed by atoms with Gasteiger partial charge in [0.1, 0.15) is 17.5 Å². The Hall–Kier alpha value is -4.25. The summed E-state index contributed by atoms with van der Waals surface area (Å²) in [5, 5.41) is 23.1. The highest BCUT2D eigenvalue weighted by molar-refractivity contribution is 6.09. The maximum Gasteiger partial charge on any atom is 0.269 e. The Bertz CT molecular complexity index is 1250. The zero-order valence-corrected chi connectivity index (χ0v) is 17.1. The molecule has 0 aliphatic rings. The van der Waals surface area contributed by atoms with Gasteiger partial charge in [0.25, 0.3) is 11.6 Å². The minimum atomic E-state index is -0.606. The van der Waals surface area contributed by atoms with E-state index in [2.05, 4.69) is 5.32 Å². The molecule has 0 aliphatic heterocycles. The number of aromatic nitrogens is 1. The van der Waals surface area contributed by atoms with E-state index in [9.17, 15) is 24.6 Å². The summed E-state index contributed by atoms with van der Waals surface area (Å²) in [6.07, 6.45) is 1.48. The molecule has 31 heavy (non-hydrogen) atoms. The molecule has 0 atom stereocenters. The monoisotopic (exact) mass is 418 g/mol. The molecule has 0 aliphatic carbocycles. The molecule has 7 nitrogen and oxygen atoms in total. The van der Waals surface area contributed by atoms with Gasteiger partial charge in [-0.15, -0.1) is 0 Å². The number of carbonyl (C=O) groups is 1. The van der Waals surface area contributed by atoms with Gasteiger partial charge in [0.15, 0.2) is 0 Å². The van der Waals surface area contributed by atoms with Crippen LogP contribution in [0.2, 0.25) is 0 Å². The van der Waals surface area contributed by atoms with E-state index in [0.717, 1.165) is 22.6 Å². The van der Waals surface area contributed by atoms with Gasteiger partial charge in [-0.05, 0) is 74.4 Å². The summed E-state index contributed by atoms with van der Waals surface area (Å²) in [7, 11) is 0. The van der Waals surface area contributed by atoms with Crippen LogP contribution in [0.25, 0.3) is 11.8 Å². The Kier molecular flexibility index (Phi) is 5.97. The molecule has 2 aromatic carbocycles. The molecule has 0 fully saturated rings. The summed E-state index contributed by atoms with van der Waals surface area (Å²) in [5.74, 6) is -1.03. The van der Waals surface area contributed by atoms with Gasteiger partial charge in [-0.3, -0.25) is 14.9 Å². The van der Waals surface area contributed by atoms with Crippen molar-refractivity contribution in [2.24, 2.45) is 0 Å². The molecule has 0 unspecified atom stereocenters. The predicted octanol–water partition coefficient (Wildman–Crippen LogP) is 5.00. The lowest BCUT2D eigenvalue weighted by atomic mass is 10.1. The second-order valence-electron chi connectivity index (χ2n) is 7.02. The Morgan fingerprint density at radius 2 is 1.84 bits per heavy atom. The number of anilines is 1. The van der Waals surface area contributed by atoms with Crippen molar-refractivity contribution in [2.45, 2.75) is 20.8 Å². The van der Waals surface area contributed by atoms with Crippen molar-refractivity contribution in [3.8, 4) is 11.8 Å². The quantitative estimate of drug-likeness (QED) is 0.273. The van der Waals surface area contributed by atoms with E-state index in [4.69, 9.17) is 0 Å². The number of hydrogen-bond acceptors (Lipinski definition) is 4. The second-order valence-corrected chi connectivity index (χ2v) is 7.02. The molecule has 1 N–H and O–H groups in total. The Morgan fingerprint density at radius 1 is 1.16 bits per heavy atom. The number of rotatable bonds is 5. The molecule has 1 heterocycles. The fourth-order valence-electron chi connectivity index (χ4n) is 3.34. The van der Waals surface area contributed by atoms with Gasteiger partial charge in [0.2, 0.25) is 0 Å². The van der Waals surface area contributed by atoms with Crippen LogP contribution in [-0.2, 0) is 4.79 Å². The molecule has 0 bridgehead atoms. The Morgan fingerprint density at radius 3 is 2.42 bits per heavy atom. The second kappa shape index (κ2) is 8.63. The van der Waals surface area contributed by atoms with Gasteiger partial charge in [0, 0.05) is 34.9 Å². The first-order valence-corrected chi connectivity index (χ1v) is 9.34. The molecule has 8 heteroatoms. The summed E-state index contributed by atoms with van der Waals surface area (Å²) in [6.45, 7) is 5.50. The summed E-state index contributed by atoms with van der Waals surface area (Å²) < 4.78 is 15.0. The van der Waals surface area contributed by atoms with Crippen molar-refractivity contribution in [1.29, 1.82) is 5.26 Å². The van der Waals surface area contributed by atoms with Crippen molar-refractivity contribution in [1.82, 2.24) is 4.57 Å². The van der Waals surface area contributed by atoms with Crippen LogP contribution in [0.3, 0.4) is 0 Å². The Labute approximate surface area is 178 Å². The third kappa shape index (κ3) is 4.51. The average Bonchev–Trinajstić information content (AvgIpc) is 3.00. The number of nitro benzene ring substituents is 1. The van der Waals surface area contributed by atoms with Crippen LogP contribution in [0.5, 0.6) is 0 Å². The number of non-ortho nitro benzene ring substituents is 1. The average molecular weight is 418 g/mol. The molecule has 0 saturated carbocycles. The maximum absolute atomic E-state index is 13.0. The number of nitrogens with one attached hydrogen (secondary N) is 1. The number of amides is 1. The highest BCUT2D eigenvalue weighted by Crippen LogP contribution is 2.27. The first-order chi connectivity index (χ1) is 14.7. The summed E-state index contributed by atoms with van der Waals surface area (Å²) in [5.41, 5.74) is 4.06. The number of hydrogen-bond donors (Lipinski definition) is 1. The fourth-order valence-corrected chi connectivity index (χ4v) is 3.34. The van der Waals surface area contributed by atoms with Crippen molar-refractivity contribution in [2.75, 3.05) is 5.32 Å². The number of carbonyl (C=O) groups excluding carboxylic acids is 1. The molecule has 3 rings (SSSR count). The minimum absolute atomic E-state index is 0.00747. The van der Waals surface area contributed by atoms with E-state index >= 15 is 0 Å². The van der Waals surface area contributed by atoms with Crippen LogP contribution in [0, 0.1) is 48.0 Å². The molecule has 0 radical (unpaired) electrons. The standard InChI is InChI=1S/C23H19FN4O3/c1-14-10-21(28(30)31)8-9-22(14)27-15(2)11-17(16(27)3)12-18(13-25)23(29)26-20-6-4-19(24)5-7-20/h4-12H,1-3H3,(H,26,29). The first kappa shape index (κ1) is 21.5. The van der Waals surface area contributed by atoms with Gasteiger partial charge in [-0.2, -0.15) is 5.26 Å².